The molecule has 2 heteroatoms. The molecule has 0 aromatic heterocycles. The van der Waals surface area contributed by atoms with Gasteiger partial charge in [0.1, 0.15) is 5.60 Å². The third kappa shape index (κ3) is 1.45. The summed E-state index contributed by atoms with van der Waals surface area (Å²) in [7, 11) is 0. The van der Waals surface area contributed by atoms with Crippen LogP contribution in [0.4, 0.5) is 0 Å². The monoisotopic (exact) mass is 192 g/mol. The molecule has 1 aromatic rings. The van der Waals surface area contributed by atoms with Crippen LogP contribution in [0.3, 0.4) is 0 Å². The number of rotatable bonds is 1. The van der Waals surface area contributed by atoms with Crippen LogP contribution in [0.1, 0.15) is 29.5 Å². The molecule has 0 spiro atoms. The molecule has 1 unspecified atom stereocenters. The molecule has 1 aromatic carbocycles. The van der Waals surface area contributed by atoms with E-state index in [1.54, 1.807) is 0 Å². The van der Waals surface area contributed by atoms with Crippen molar-refractivity contribution in [3.63, 3.8) is 0 Å². The standard InChI is InChI=1S/C12H16O2/c1-9-4-5-10-3-2-6-12(14,8-13)11(10)7-9/h4-5,7,13-14H,2-3,6,8H2,1H3. The Morgan fingerprint density at radius 1 is 1.43 bits per heavy atom. The van der Waals surface area contributed by atoms with Crippen LogP contribution in [-0.2, 0) is 12.0 Å². The molecular formula is C12H16O2. The highest BCUT2D eigenvalue weighted by Gasteiger charge is 2.33. The quantitative estimate of drug-likeness (QED) is 0.708. The van der Waals surface area contributed by atoms with Crippen molar-refractivity contribution in [1.29, 1.82) is 0 Å². The van der Waals surface area contributed by atoms with E-state index in [0.717, 1.165) is 24.0 Å². The number of hydrogen-bond acceptors (Lipinski definition) is 2. The number of aryl methyl sites for hydroxylation is 2. The summed E-state index contributed by atoms with van der Waals surface area (Å²) in [6.07, 6.45) is 2.63. The third-order valence-electron chi connectivity index (χ3n) is 3.06. The summed E-state index contributed by atoms with van der Waals surface area (Å²) in [6.45, 7) is 1.83. The normalized spacial score (nSPS) is 25.9. The lowest BCUT2D eigenvalue weighted by Crippen LogP contribution is -2.34. The van der Waals surface area contributed by atoms with E-state index in [0.29, 0.717) is 6.42 Å². The van der Waals surface area contributed by atoms with Crippen molar-refractivity contribution in [3.8, 4) is 0 Å². The van der Waals surface area contributed by atoms with E-state index >= 15 is 0 Å². The molecule has 0 saturated carbocycles. The van der Waals surface area contributed by atoms with Gasteiger partial charge in [-0.3, -0.25) is 0 Å². The second-order valence-corrected chi connectivity index (χ2v) is 4.20. The van der Waals surface area contributed by atoms with Gasteiger partial charge in [0, 0.05) is 0 Å². The first-order valence-electron chi connectivity index (χ1n) is 5.09. The summed E-state index contributed by atoms with van der Waals surface area (Å²) in [4.78, 5) is 0. The summed E-state index contributed by atoms with van der Waals surface area (Å²) < 4.78 is 0. The maximum atomic E-state index is 10.2. The average Bonchev–Trinajstić information content (AvgIpc) is 2.20. The van der Waals surface area contributed by atoms with Crippen molar-refractivity contribution in [2.45, 2.75) is 31.8 Å². The van der Waals surface area contributed by atoms with E-state index in [-0.39, 0.29) is 6.61 Å². The molecule has 0 heterocycles. The minimum atomic E-state index is -1.00. The minimum Gasteiger partial charge on any atom is -0.393 e. The van der Waals surface area contributed by atoms with Gasteiger partial charge in [0.25, 0.3) is 0 Å². The van der Waals surface area contributed by atoms with Crippen LogP contribution >= 0.6 is 0 Å². The van der Waals surface area contributed by atoms with Crippen LogP contribution in [0.15, 0.2) is 18.2 Å². The summed E-state index contributed by atoms with van der Waals surface area (Å²) in [5.74, 6) is 0. The van der Waals surface area contributed by atoms with Crippen LogP contribution in [0.2, 0.25) is 0 Å². The second kappa shape index (κ2) is 3.37. The van der Waals surface area contributed by atoms with Crippen molar-refractivity contribution < 1.29 is 10.2 Å². The Kier molecular flexibility index (Phi) is 2.33. The van der Waals surface area contributed by atoms with Crippen LogP contribution in [-0.4, -0.2) is 16.8 Å². The lowest BCUT2D eigenvalue weighted by Gasteiger charge is -2.33. The first-order valence-corrected chi connectivity index (χ1v) is 5.09. The van der Waals surface area contributed by atoms with E-state index in [1.807, 2.05) is 13.0 Å². The molecule has 0 saturated heterocycles. The van der Waals surface area contributed by atoms with Gasteiger partial charge in [0.05, 0.1) is 6.61 Å². The Morgan fingerprint density at radius 3 is 2.93 bits per heavy atom. The maximum absolute atomic E-state index is 10.2. The predicted molar refractivity (Wildman–Crippen MR) is 55.1 cm³/mol. The fraction of sp³-hybridized carbons (Fsp3) is 0.500. The number of aliphatic hydroxyl groups is 2. The molecular weight excluding hydrogens is 176 g/mol. The molecule has 0 radical (unpaired) electrons. The number of fused-ring (bicyclic) bond motifs is 1. The highest BCUT2D eigenvalue weighted by atomic mass is 16.3. The van der Waals surface area contributed by atoms with Crippen LogP contribution in [0.5, 0.6) is 0 Å². The smallest absolute Gasteiger partial charge is 0.113 e. The zero-order chi connectivity index (χ0) is 10.2. The van der Waals surface area contributed by atoms with Gasteiger partial charge < -0.3 is 10.2 Å². The highest BCUT2D eigenvalue weighted by Crippen LogP contribution is 2.35. The summed E-state index contributed by atoms with van der Waals surface area (Å²) in [5.41, 5.74) is 2.24. The van der Waals surface area contributed by atoms with Gasteiger partial charge in [-0.05, 0) is 37.3 Å². The lowest BCUT2D eigenvalue weighted by atomic mass is 9.79. The first kappa shape index (κ1) is 9.69. The van der Waals surface area contributed by atoms with E-state index in [2.05, 4.69) is 12.1 Å². The number of hydrogen-bond donors (Lipinski definition) is 2. The first-order chi connectivity index (χ1) is 6.65. The van der Waals surface area contributed by atoms with Crippen molar-refractivity contribution in [1.82, 2.24) is 0 Å². The Hall–Kier alpha value is -0.860. The Labute approximate surface area is 84.2 Å². The molecule has 0 amide bonds. The van der Waals surface area contributed by atoms with Gasteiger partial charge in [0.15, 0.2) is 0 Å². The van der Waals surface area contributed by atoms with Gasteiger partial charge in [-0.2, -0.15) is 0 Å². The predicted octanol–water partition coefficient (Wildman–Crippen LogP) is 1.51. The van der Waals surface area contributed by atoms with Crippen LogP contribution in [0.25, 0.3) is 0 Å². The highest BCUT2D eigenvalue weighted by molar-refractivity contribution is 5.37. The Balaban J connectivity index is 2.52. The molecule has 1 aliphatic rings. The molecule has 76 valence electrons. The third-order valence-corrected chi connectivity index (χ3v) is 3.06. The summed E-state index contributed by atoms with van der Waals surface area (Å²) >= 11 is 0. The molecule has 1 atom stereocenters. The van der Waals surface area contributed by atoms with Gasteiger partial charge in [-0.25, -0.2) is 0 Å². The Morgan fingerprint density at radius 2 is 2.21 bits per heavy atom. The van der Waals surface area contributed by atoms with Gasteiger partial charge in [-0.15, -0.1) is 0 Å². The molecule has 2 rings (SSSR count). The molecule has 0 bridgehead atoms. The fourth-order valence-corrected chi connectivity index (χ4v) is 2.21. The van der Waals surface area contributed by atoms with Gasteiger partial charge in [0.2, 0.25) is 0 Å². The molecule has 1 aliphatic carbocycles. The maximum Gasteiger partial charge on any atom is 0.113 e. The topological polar surface area (TPSA) is 40.5 Å². The van der Waals surface area contributed by atoms with E-state index in [1.165, 1.54) is 5.56 Å². The summed E-state index contributed by atoms with van der Waals surface area (Å²) in [6, 6.07) is 6.11. The lowest BCUT2D eigenvalue weighted by molar-refractivity contribution is -0.0327. The SMILES string of the molecule is Cc1ccc2c(c1)C(O)(CO)CCC2. The zero-order valence-electron chi connectivity index (χ0n) is 8.45. The van der Waals surface area contributed by atoms with Crippen LogP contribution < -0.4 is 0 Å². The minimum absolute atomic E-state index is 0.177. The van der Waals surface area contributed by atoms with E-state index in [9.17, 15) is 10.2 Å². The van der Waals surface area contributed by atoms with Crippen LogP contribution in [0, 0.1) is 6.92 Å². The van der Waals surface area contributed by atoms with E-state index < -0.39 is 5.60 Å². The largest absolute Gasteiger partial charge is 0.393 e. The molecule has 0 aliphatic heterocycles. The molecule has 0 fully saturated rings. The number of benzene rings is 1. The van der Waals surface area contributed by atoms with Gasteiger partial charge in [-0.1, -0.05) is 23.8 Å². The van der Waals surface area contributed by atoms with Gasteiger partial charge >= 0.3 is 0 Å². The molecule has 2 N–H and O–H groups in total. The van der Waals surface area contributed by atoms with Crippen molar-refractivity contribution in [3.05, 3.63) is 34.9 Å². The van der Waals surface area contributed by atoms with Crippen molar-refractivity contribution in [2.24, 2.45) is 0 Å². The van der Waals surface area contributed by atoms with Crippen molar-refractivity contribution >= 4 is 0 Å². The van der Waals surface area contributed by atoms with Crippen molar-refractivity contribution in [2.75, 3.05) is 6.61 Å². The fourth-order valence-electron chi connectivity index (χ4n) is 2.21. The summed E-state index contributed by atoms with van der Waals surface area (Å²) in [5, 5.41) is 19.4. The Bertz CT molecular complexity index is 346. The number of aliphatic hydroxyl groups excluding tert-OH is 1. The van der Waals surface area contributed by atoms with E-state index in [4.69, 9.17) is 0 Å². The zero-order valence-corrected chi connectivity index (χ0v) is 8.45. The second-order valence-electron chi connectivity index (χ2n) is 4.20. The molecule has 14 heavy (non-hydrogen) atoms. The molecule has 2 nitrogen and oxygen atoms in total. The average molecular weight is 192 g/mol.